The van der Waals surface area contributed by atoms with Crippen LogP contribution in [0.5, 0.6) is 5.75 Å². The average Bonchev–Trinajstić information content (AvgIpc) is 3.11. The van der Waals surface area contributed by atoms with E-state index < -0.39 is 8.07 Å². The maximum Gasteiger partial charge on any atom is 0.310 e. The molecule has 3 rings (SSSR count). The highest BCUT2D eigenvalue weighted by Crippen LogP contribution is 2.52. The molecule has 130 valence electrons. The van der Waals surface area contributed by atoms with E-state index in [1.54, 1.807) is 7.11 Å². The molecule has 0 spiro atoms. The lowest BCUT2D eigenvalue weighted by Gasteiger charge is -2.20. The van der Waals surface area contributed by atoms with Gasteiger partial charge in [0.1, 0.15) is 5.75 Å². The number of esters is 1. The number of carbonyl (C=O) groups excluding carboxylic acids is 1. The molecule has 1 aromatic carbocycles. The number of fused-ring (bicyclic) bond motifs is 2. The lowest BCUT2D eigenvalue weighted by Crippen LogP contribution is -2.27. The Kier molecular flexibility index (Phi) is 4.86. The van der Waals surface area contributed by atoms with E-state index in [0.29, 0.717) is 18.4 Å². The summed E-state index contributed by atoms with van der Waals surface area (Å²) in [6.07, 6.45) is 4.51. The van der Waals surface area contributed by atoms with E-state index in [1.807, 2.05) is 12.1 Å². The average molecular weight is 345 g/mol. The summed E-state index contributed by atoms with van der Waals surface area (Å²) in [5, 5.41) is 0. The molecule has 1 aromatic rings. The second-order valence-corrected chi connectivity index (χ2v) is 13.8. The van der Waals surface area contributed by atoms with E-state index >= 15 is 0 Å². The number of rotatable bonds is 6. The van der Waals surface area contributed by atoms with Crippen molar-refractivity contribution in [1.29, 1.82) is 0 Å². The third-order valence-corrected chi connectivity index (χ3v) is 6.99. The van der Waals surface area contributed by atoms with E-state index in [9.17, 15) is 4.79 Å². The van der Waals surface area contributed by atoms with Gasteiger partial charge < -0.3 is 9.47 Å². The van der Waals surface area contributed by atoms with Crippen LogP contribution in [0.4, 0.5) is 0 Å². The number of methoxy groups -OCH3 is 1. The lowest BCUT2D eigenvalue weighted by molar-refractivity contribution is -0.149. The predicted octanol–water partition coefficient (Wildman–Crippen LogP) is 4.62. The molecule has 2 aliphatic rings. The van der Waals surface area contributed by atoms with Gasteiger partial charge in [-0.2, -0.15) is 0 Å². The van der Waals surface area contributed by atoms with E-state index in [0.717, 1.165) is 24.6 Å². The van der Waals surface area contributed by atoms with Crippen molar-refractivity contribution in [3.8, 4) is 5.75 Å². The van der Waals surface area contributed by atoms with E-state index in [1.165, 1.54) is 11.1 Å². The van der Waals surface area contributed by atoms with E-state index in [-0.39, 0.29) is 11.9 Å². The second kappa shape index (κ2) is 6.75. The van der Waals surface area contributed by atoms with Gasteiger partial charge >= 0.3 is 5.97 Å². The third kappa shape index (κ3) is 3.58. The summed E-state index contributed by atoms with van der Waals surface area (Å²) in [4.78, 5) is 12.6. The van der Waals surface area contributed by atoms with E-state index in [4.69, 9.17) is 9.47 Å². The van der Waals surface area contributed by atoms with Crippen molar-refractivity contribution in [3.05, 3.63) is 35.9 Å². The predicted molar refractivity (Wildman–Crippen MR) is 99.8 cm³/mol. The monoisotopic (exact) mass is 344 g/mol. The first-order valence-corrected chi connectivity index (χ1v) is 12.6. The van der Waals surface area contributed by atoms with Gasteiger partial charge in [-0.3, -0.25) is 4.79 Å². The molecule has 0 heterocycles. The Bertz CT molecular complexity index is 627. The lowest BCUT2D eigenvalue weighted by atomic mass is 9.89. The minimum Gasteiger partial charge on any atom is -0.497 e. The van der Waals surface area contributed by atoms with Gasteiger partial charge in [0.2, 0.25) is 0 Å². The number of ether oxygens (including phenoxy) is 2. The number of carbonyl (C=O) groups is 1. The fourth-order valence-electron chi connectivity index (χ4n) is 3.91. The molecule has 3 nitrogen and oxygen atoms in total. The third-order valence-electron chi connectivity index (χ3n) is 5.29. The first-order chi connectivity index (χ1) is 11.4. The summed E-state index contributed by atoms with van der Waals surface area (Å²) in [6, 6.07) is 9.21. The minimum atomic E-state index is -1.16. The summed E-state index contributed by atoms with van der Waals surface area (Å²) in [5.41, 5.74) is 2.53. The van der Waals surface area contributed by atoms with Gasteiger partial charge in [-0.1, -0.05) is 37.8 Å². The Balaban J connectivity index is 1.65. The highest BCUT2D eigenvalue weighted by Gasteiger charge is 2.47. The molecule has 2 bridgehead atoms. The molecule has 0 saturated heterocycles. The Labute approximate surface area is 146 Å². The molecule has 0 aromatic heterocycles. The van der Waals surface area contributed by atoms with Crippen LogP contribution in [0.1, 0.15) is 18.4 Å². The van der Waals surface area contributed by atoms with Gasteiger partial charge in [0.05, 0.1) is 19.6 Å². The summed E-state index contributed by atoms with van der Waals surface area (Å²) in [7, 11) is 0.520. The van der Waals surface area contributed by atoms with Crippen LogP contribution in [-0.4, -0.2) is 27.8 Å². The van der Waals surface area contributed by atoms with Crippen molar-refractivity contribution in [3.63, 3.8) is 0 Å². The SMILES string of the molecule is COc1ccc(C2=CC3CCC2C3C(=O)OCC[Si](C)(C)C)cc1. The fourth-order valence-corrected chi connectivity index (χ4v) is 4.62. The van der Waals surface area contributed by atoms with Crippen LogP contribution in [0, 0.1) is 17.8 Å². The van der Waals surface area contributed by atoms with Crippen molar-refractivity contribution in [2.45, 2.75) is 38.5 Å². The Hall–Kier alpha value is -1.55. The molecule has 0 aliphatic heterocycles. The standard InChI is InChI=1S/C20H28O3Si/c1-22-16-8-5-14(6-9-16)18-13-15-7-10-17(18)19(15)20(21)23-11-12-24(2,3)4/h5-6,8-9,13,15,17,19H,7,10-12H2,1-4H3. The van der Waals surface area contributed by atoms with Gasteiger partial charge in [0.25, 0.3) is 0 Å². The normalized spacial score (nSPS) is 25.5. The quantitative estimate of drug-likeness (QED) is 0.558. The molecule has 24 heavy (non-hydrogen) atoms. The maximum atomic E-state index is 12.6. The summed E-state index contributed by atoms with van der Waals surface area (Å²) in [6.45, 7) is 7.51. The molecule has 2 aliphatic carbocycles. The zero-order valence-corrected chi connectivity index (χ0v) is 16.2. The van der Waals surface area contributed by atoms with Crippen molar-refractivity contribution in [2.75, 3.05) is 13.7 Å². The van der Waals surface area contributed by atoms with Crippen LogP contribution in [0.25, 0.3) is 5.57 Å². The van der Waals surface area contributed by atoms with Crippen LogP contribution in [0.3, 0.4) is 0 Å². The second-order valence-electron chi connectivity index (χ2n) is 8.20. The van der Waals surface area contributed by atoms with Crippen LogP contribution in [-0.2, 0) is 9.53 Å². The molecule has 0 radical (unpaired) electrons. The zero-order chi connectivity index (χ0) is 17.3. The van der Waals surface area contributed by atoms with Crippen molar-refractivity contribution in [2.24, 2.45) is 17.8 Å². The summed E-state index contributed by atoms with van der Waals surface area (Å²) < 4.78 is 10.9. The van der Waals surface area contributed by atoms with Crippen molar-refractivity contribution < 1.29 is 14.3 Å². The van der Waals surface area contributed by atoms with Gasteiger partial charge in [0.15, 0.2) is 0 Å². The first kappa shape index (κ1) is 17.3. The Morgan fingerprint density at radius 1 is 1.17 bits per heavy atom. The number of hydrogen-bond acceptors (Lipinski definition) is 3. The smallest absolute Gasteiger partial charge is 0.310 e. The minimum absolute atomic E-state index is 0.0144. The van der Waals surface area contributed by atoms with Crippen molar-refractivity contribution >= 4 is 19.6 Å². The molecule has 4 heteroatoms. The van der Waals surface area contributed by atoms with Crippen LogP contribution in [0.15, 0.2) is 30.3 Å². The molecular weight excluding hydrogens is 316 g/mol. The molecular formula is C20H28O3Si. The zero-order valence-electron chi connectivity index (χ0n) is 15.2. The summed E-state index contributed by atoms with van der Waals surface area (Å²) in [5.74, 6) is 1.59. The molecule has 3 atom stereocenters. The number of benzene rings is 1. The number of allylic oxidation sites excluding steroid dienone is 2. The van der Waals surface area contributed by atoms with Crippen LogP contribution in [0.2, 0.25) is 25.7 Å². The molecule has 1 fully saturated rings. The molecule has 3 unspecified atom stereocenters. The van der Waals surface area contributed by atoms with Gasteiger partial charge in [0, 0.05) is 8.07 Å². The highest BCUT2D eigenvalue weighted by molar-refractivity contribution is 6.76. The largest absolute Gasteiger partial charge is 0.497 e. The molecule has 0 N–H and O–H groups in total. The Morgan fingerprint density at radius 3 is 2.50 bits per heavy atom. The van der Waals surface area contributed by atoms with Crippen molar-refractivity contribution in [1.82, 2.24) is 0 Å². The fraction of sp³-hybridized carbons (Fsp3) is 0.550. The Morgan fingerprint density at radius 2 is 1.88 bits per heavy atom. The topological polar surface area (TPSA) is 35.5 Å². The molecule has 1 saturated carbocycles. The summed E-state index contributed by atoms with van der Waals surface area (Å²) >= 11 is 0. The van der Waals surface area contributed by atoms with Gasteiger partial charge in [-0.25, -0.2) is 0 Å². The number of hydrogen-bond donors (Lipinski definition) is 0. The first-order valence-electron chi connectivity index (χ1n) is 8.92. The maximum absolute atomic E-state index is 12.6. The molecule has 0 amide bonds. The van der Waals surface area contributed by atoms with Crippen LogP contribution >= 0.6 is 0 Å². The highest BCUT2D eigenvalue weighted by atomic mass is 28.3. The van der Waals surface area contributed by atoms with Gasteiger partial charge in [-0.15, -0.1) is 0 Å². The van der Waals surface area contributed by atoms with Crippen LogP contribution < -0.4 is 4.74 Å². The van der Waals surface area contributed by atoms with Gasteiger partial charge in [-0.05, 0) is 54.0 Å². The van der Waals surface area contributed by atoms with E-state index in [2.05, 4.69) is 37.8 Å².